The molecule has 0 spiro atoms. The van der Waals surface area contributed by atoms with Gasteiger partial charge in [-0.05, 0) is 26.7 Å². The molecule has 8 heteroatoms. The predicted octanol–water partition coefficient (Wildman–Crippen LogP) is 0.783. The van der Waals surface area contributed by atoms with Gasteiger partial charge in [-0.1, -0.05) is 0 Å². The molecule has 8 nitrogen and oxygen atoms in total. The number of nitrogens with one attached hydrogen (secondary N) is 2. The molecule has 0 fully saturated rings. The maximum atomic E-state index is 5.45. The first-order valence-electron chi connectivity index (χ1n) is 6.28. The van der Waals surface area contributed by atoms with Gasteiger partial charge in [-0.2, -0.15) is 15.0 Å². The Bertz CT molecular complexity index is 352. The summed E-state index contributed by atoms with van der Waals surface area (Å²) in [5, 5.41) is 3.09. The molecule has 0 atom stereocenters. The molecular weight excluding hydrogens is 248 g/mol. The molecule has 1 rings (SSSR count). The van der Waals surface area contributed by atoms with Crippen LogP contribution in [0.1, 0.15) is 26.7 Å². The van der Waals surface area contributed by atoms with Gasteiger partial charge >= 0.3 is 6.01 Å². The van der Waals surface area contributed by atoms with Crippen LogP contribution in [0.3, 0.4) is 0 Å². The Hall–Kier alpha value is -1.67. The Labute approximate surface area is 113 Å². The number of aromatic nitrogens is 3. The fourth-order valence-corrected chi connectivity index (χ4v) is 1.34. The lowest BCUT2D eigenvalue weighted by Gasteiger charge is -2.09. The number of hydrazine groups is 1. The van der Waals surface area contributed by atoms with Crippen LogP contribution in [0.4, 0.5) is 11.9 Å². The van der Waals surface area contributed by atoms with E-state index < -0.39 is 0 Å². The van der Waals surface area contributed by atoms with Crippen molar-refractivity contribution in [3.8, 4) is 6.01 Å². The van der Waals surface area contributed by atoms with Gasteiger partial charge in [-0.3, -0.25) is 5.43 Å². The number of anilines is 2. The third kappa shape index (κ3) is 6.16. The van der Waals surface area contributed by atoms with Gasteiger partial charge in [0, 0.05) is 13.2 Å². The van der Waals surface area contributed by atoms with Crippen molar-refractivity contribution in [2.45, 2.75) is 32.8 Å². The first-order chi connectivity index (χ1) is 9.15. The summed E-state index contributed by atoms with van der Waals surface area (Å²) in [5.41, 5.74) is 2.36. The third-order valence-corrected chi connectivity index (χ3v) is 2.23. The van der Waals surface area contributed by atoms with E-state index in [1.807, 2.05) is 13.8 Å². The van der Waals surface area contributed by atoms with Crippen molar-refractivity contribution >= 4 is 11.9 Å². The quantitative estimate of drug-likeness (QED) is 0.343. The van der Waals surface area contributed by atoms with Crippen molar-refractivity contribution in [2.24, 2.45) is 5.84 Å². The summed E-state index contributed by atoms with van der Waals surface area (Å²) < 4.78 is 10.4. The van der Waals surface area contributed by atoms with Gasteiger partial charge < -0.3 is 14.8 Å². The fraction of sp³-hybridized carbons (Fsp3) is 0.727. The van der Waals surface area contributed by atoms with E-state index >= 15 is 0 Å². The second-order valence-corrected chi connectivity index (χ2v) is 4.17. The number of nitrogens with two attached hydrogens (primary N) is 1. The van der Waals surface area contributed by atoms with Crippen molar-refractivity contribution < 1.29 is 9.47 Å². The van der Waals surface area contributed by atoms with Crippen molar-refractivity contribution in [3.63, 3.8) is 0 Å². The van der Waals surface area contributed by atoms with Crippen LogP contribution in [0.25, 0.3) is 0 Å². The number of nitrogens with zero attached hydrogens (tertiary/aromatic N) is 3. The van der Waals surface area contributed by atoms with Crippen LogP contribution in [0, 0.1) is 0 Å². The summed E-state index contributed by atoms with van der Waals surface area (Å²) in [6.07, 6.45) is 2.22. The molecule has 0 aliphatic carbocycles. The number of hydrogen-bond acceptors (Lipinski definition) is 8. The SMILES string of the molecule is COc1nc(NN)nc(NCCCCOC(C)C)n1. The molecule has 0 saturated heterocycles. The van der Waals surface area contributed by atoms with Gasteiger partial charge in [0.15, 0.2) is 0 Å². The van der Waals surface area contributed by atoms with Gasteiger partial charge in [-0.25, -0.2) is 5.84 Å². The highest BCUT2D eigenvalue weighted by molar-refractivity contribution is 5.34. The Morgan fingerprint density at radius 1 is 1.16 bits per heavy atom. The average Bonchev–Trinajstić information content (AvgIpc) is 2.41. The fourth-order valence-electron chi connectivity index (χ4n) is 1.34. The molecule has 4 N–H and O–H groups in total. The Kier molecular flexibility index (Phi) is 6.83. The van der Waals surface area contributed by atoms with Gasteiger partial charge in [0.05, 0.1) is 13.2 Å². The summed E-state index contributed by atoms with van der Waals surface area (Å²) in [5.74, 6) is 5.96. The number of ether oxygens (including phenoxy) is 2. The van der Waals surface area contributed by atoms with Crippen LogP contribution in [0.15, 0.2) is 0 Å². The molecular formula is C11H22N6O2. The van der Waals surface area contributed by atoms with E-state index in [-0.39, 0.29) is 18.1 Å². The highest BCUT2D eigenvalue weighted by Crippen LogP contribution is 2.09. The van der Waals surface area contributed by atoms with E-state index in [0.717, 1.165) is 26.0 Å². The minimum absolute atomic E-state index is 0.216. The first-order valence-corrected chi connectivity index (χ1v) is 6.28. The molecule has 1 heterocycles. The van der Waals surface area contributed by atoms with E-state index in [0.29, 0.717) is 5.95 Å². The Balaban J connectivity index is 2.32. The molecule has 0 saturated carbocycles. The number of nitrogen functional groups attached to an aromatic ring is 1. The van der Waals surface area contributed by atoms with Crippen molar-refractivity contribution in [1.82, 2.24) is 15.0 Å². The highest BCUT2D eigenvalue weighted by Gasteiger charge is 2.05. The van der Waals surface area contributed by atoms with Gasteiger partial charge in [0.25, 0.3) is 0 Å². The molecule has 1 aromatic rings. The molecule has 19 heavy (non-hydrogen) atoms. The molecule has 0 radical (unpaired) electrons. The van der Waals surface area contributed by atoms with Crippen molar-refractivity contribution in [3.05, 3.63) is 0 Å². The van der Waals surface area contributed by atoms with Crippen molar-refractivity contribution in [1.29, 1.82) is 0 Å². The van der Waals surface area contributed by atoms with Gasteiger partial charge in [0.2, 0.25) is 11.9 Å². The zero-order valence-electron chi connectivity index (χ0n) is 11.6. The number of rotatable bonds is 9. The lowest BCUT2D eigenvalue weighted by molar-refractivity contribution is 0.0765. The second kappa shape index (κ2) is 8.44. The zero-order chi connectivity index (χ0) is 14.1. The minimum Gasteiger partial charge on any atom is -0.467 e. The maximum absolute atomic E-state index is 5.45. The van der Waals surface area contributed by atoms with Crippen LogP contribution >= 0.6 is 0 Å². The van der Waals surface area contributed by atoms with E-state index in [4.69, 9.17) is 15.3 Å². The van der Waals surface area contributed by atoms with Crippen LogP contribution in [-0.2, 0) is 4.74 Å². The highest BCUT2D eigenvalue weighted by atomic mass is 16.5. The first kappa shape index (κ1) is 15.4. The summed E-state index contributed by atoms with van der Waals surface area (Å²) in [6, 6.07) is 0.216. The molecule has 0 bridgehead atoms. The topological polar surface area (TPSA) is 107 Å². The van der Waals surface area contributed by atoms with Gasteiger partial charge in [0.1, 0.15) is 0 Å². The van der Waals surface area contributed by atoms with Gasteiger partial charge in [-0.15, -0.1) is 0 Å². The lowest BCUT2D eigenvalue weighted by atomic mass is 10.3. The minimum atomic E-state index is 0.216. The summed E-state index contributed by atoms with van der Waals surface area (Å²) >= 11 is 0. The molecule has 0 amide bonds. The average molecular weight is 270 g/mol. The normalized spacial score (nSPS) is 10.6. The van der Waals surface area contributed by atoms with E-state index in [9.17, 15) is 0 Å². The number of methoxy groups -OCH3 is 1. The van der Waals surface area contributed by atoms with Crippen LogP contribution in [-0.4, -0.2) is 41.3 Å². The summed E-state index contributed by atoms with van der Waals surface area (Å²) in [4.78, 5) is 12.0. The summed E-state index contributed by atoms with van der Waals surface area (Å²) in [7, 11) is 1.49. The third-order valence-electron chi connectivity index (χ3n) is 2.23. The molecule has 108 valence electrons. The zero-order valence-corrected chi connectivity index (χ0v) is 11.6. The van der Waals surface area contributed by atoms with Crippen LogP contribution in [0.5, 0.6) is 6.01 Å². The smallest absolute Gasteiger partial charge is 0.322 e. The predicted molar refractivity (Wildman–Crippen MR) is 73.0 cm³/mol. The second-order valence-electron chi connectivity index (χ2n) is 4.17. The lowest BCUT2D eigenvalue weighted by Crippen LogP contribution is -2.14. The number of unbranched alkanes of at least 4 members (excludes halogenated alkanes) is 1. The Morgan fingerprint density at radius 2 is 1.89 bits per heavy atom. The van der Waals surface area contributed by atoms with E-state index in [1.54, 1.807) is 0 Å². The largest absolute Gasteiger partial charge is 0.467 e. The van der Waals surface area contributed by atoms with E-state index in [2.05, 4.69) is 25.7 Å². The van der Waals surface area contributed by atoms with Crippen LogP contribution in [0.2, 0.25) is 0 Å². The van der Waals surface area contributed by atoms with E-state index in [1.165, 1.54) is 7.11 Å². The molecule has 0 aliphatic rings. The van der Waals surface area contributed by atoms with Crippen molar-refractivity contribution in [2.75, 3.05) is 31.0 Å². The molecule has 0 aromatic carbocycles. The summed E-state index contributed by atoms with van der Waals surface area (Å²) in [6.45, 7) is 5.56. The molecule has 0 aliphatic heterocycles. The standard InChI is InChI=1S/C11H22N6O2/c1-8(2)19-7-5-4-6-13-9-14-10(17-12)16-11(15-9)18-3/h8H,4-7,12H2,1-3H3,(H2,13,14,15,16,17). The Morgan fingerprint density at radius 3 is 2.53 bits per heavy atom. The molecule has 1 aromatic heterocycles. The maximum Gasteiger partial charge on any atom is 0.322 e. The van der Waals surface area contributed by atoms with Crippen LogP contribution < -0.4 is 21.3 Å². The molecule has 0 unspecified atom stereocenters. The monoisotopic (exact) mass is 270 g/mol. The number of hydrogen-bond donors (Lipinski definition) is 3.